The van der Waals surface area contributed by atoms with Crippen molar-refractivity contribution in [2.24, 2.45) is 22.5 Å². The minimum Gasteiger partial charge on any atom is -0.480 e. The fourth-order valence-electron chi connectivity index (χ4n) is 3.74. The molecule has 1 saturated heterocycles. The molecule has 2 rings (SSSR count). The minimum absolute atomic E-state index is 0.0221. The van der Waals surface area contributed by atoms with Crippen molar-refractivity contribution in [2.75, 3.05) is 6.61 Å². The van der Waals surface area contributed by atoms with Crippen LogP contribution in [0.4, 0.5) is 0 Å². The largest absolute Gasteiger partial charge is 0.480 e. The Labute approximate surface area is 125 Å². The molecule has 2 aliphatic rings. The van der Waals surface area contributed by atoms with Crippen molar-refractivity contribution in [2.45, 2.75) is 58.7 Å². The molecule has 0 aromatic rings. The van der Waals surface area contributed by atoms with Crippen LogP contribution in [0.5, 0.6) is 0 Å². The number of hydrogen-bond acceptors (Lipinski definition) is 4. The molecule has 120 valence electrons. The SMILES string of the molecule is CC(C)(C)[C@@H](NC(=O)C1(N)C2CCOC2C1(C)C)C(=O)O. The zero-order valence-corrected chi connectivity index (χ0v) is 13.4. The first-order valence-corrected chi connectivity index (χ1v) is 7.38. The van der Waals surface area contributed by atoms with Gasteiger partial charge in [0, 0.05) is 17.9 Å². The second-order valence-electron chi connectivity index (χ2n) is 7.89. The van der Waals surface area contributed by atoms with Crippen LogP contribution >= 0.6 is 0 Å². The van der Waals surface area contributed by atoms with Crippen molar-refractivity contribution < 1.29 is 19.4 Å². The third kappa shape index (κ3) is 2.16. The second kappa shape index (κ2) is 4.68. The van der Waals surface area contributed by atoms with Gasteiger partial charge in [-0.25, -0.2) is 4.79 Å². The molecule has 1 heterocycles. The van der Waals surface area contributed by atoms with Crippen molar-refractivity contribution in [1.29, 1.82) is 0 Å². The number of carboxylic acid groups (broad SMARTS) is 1. The molecule has 6 heteroatoms. The van der Waals surface area contributed by atoms with Gasteiger partial charge in [-0.2, -0.15) is 0 Å². The molecule has 2 fully saturated rings. The molecular formula is C15H26N2O4. The molecule has 0 aromatic heterocycles. The molecule has 1 saturated carbocycles. The molecule has 21 heavy (non-hydrogen) atoms. The van der Waals surface area contributed by atoms with Crippen LogP contribution in [0.2, 0.25) is 0 Å². The molecule has 1 aliphatic heterocycles. The summed E-state index contributed by atoms with van der Waals surface area (Å²) in [5.74, 6) is -1.47. The summed E-state index contributed by atoms with van der Waals surface area (Å²) in [5, 5.41) is 12.0. The topological polar surface area (TPSA) is 102 Å². The zero-order chi connectivity index (χ0) is 16.2. The number of nitrogens with one attached hydrogen (secondary N) is 1. The lowest BCUT2D eigenvalue weighted by atomic mass is 9.48. The number of hydrogen-bond donors (Lipinski definition) is 3. The van der Waals surface area contributed by atoms with Gasteiger partial charge in [0.2, 0.25) is 5.91 Å². The summed E-state index contributed by atoms with van der Waals surface area (Å²) >= 11 is 0. The number of amides is 1. The molecule has 6 nitrogen and oxygen atoms in total. The smallest absolute Gasteiger partial charge is 0.326 e. The van der Waals surface area contributed by atoms with Crippen LogP contribution in [0, 0.1) is 16.7 Å². The lowest BCUT2D eigenvalue weighted by molar-refractivity contribution is -0.177. The van der Waals surface area contributed by atoms with Gasteiger partial charge >= 0.3 is 5.97 Å². The quantitative estimate of drug-likeness (QED) is 0.713. The number of aliphatic carboxylic acids is 1. The first-order chi connectivity index (χ1) is 9.44. The Hall–Kier alpha value is -1.14. The zero-order valence-electron chi connectivity index (χ0n) is 13.4. The number of nitrogens with two attached hydrogens (primary N) is 1. The highest BCUT2D eigenvalue weighted by Crippen LogP contribution is 2.58. The minimum atomic E-state index is -1.08. The molecule has 4 atom stereocenters. The van der Waals surface area contributed by atoms with Gasteiger partial charge in [0.25, 0.3) is 0 Å². The summed E-state index contributed by atoms with van der Waals surface area (Å²) in [4.78, 5) is 24.1. The Kier molecular flexibility index (Phi) is 3.62. The summed E-state index contributed by atoms with van der Waals surface area (Å²) < 4.78 is 5.66. The lowest BCUT2D eigenvalue weighted by Crippen LogP contribution is -2.81. The Morgan fingerprint density at radius 2 is 1.95 bits per heavy atom. The molecule has 0 bridgehead atoms. The van der Waals surface area contributed by atoms with Gasteiger partial charge in [-0.1, -0.05) is 34.6 Å². The molecular weight excluding hydrogens is 272 g/mol. The fraction of sp³-hybridized carbons (Fsp3) is 0.867. The van der Waals surface area contributed by atoms with Crippen molar-refractivity contribution in [3.63, 3.8) is 0 Å². The maximum atomic E-state index is 12.7. The predicted octanol–water partition coefficient (Wildman–Crippen LogP) is 0.744. The number of carboxylic acids is 1. The fourth-order valence-corrected chi connectivity index (χ4v) is 3.74. The maximum Gasteiger partial charge on any atom is 0.326 e. The average Bonchev–Trinajstić information content (AvgIpc) is 2.80. The van der Waals surface area contributed by atoms with Gasteiger partial charge in [-0.05, 0) is 11.8 Å². The highest BCUT2D eigenvalue weighted by atomic mass is 16.5. The summed E-state index contributed by atoms with van der Waals surface area (Å²) in [5.41, 5.74) is 4.25. The van der Waals surface area contributed by atoms with Crippen LogP contribution in [0.1, 0.15) is 41.0 Å². The monoisotopic (exact) mass is 298 g/mol. The number of carbonyl (C=O) groups is 2. The third-order valence-electron chi connectivity index (χ3n) is 5.22. The molecule has 0 aromatic carbocycles. The van der Waals surface area contributed by atoms with Gasteiger partial charge in [-0.3, -0.25) is 4.79 Å². The van der Waals surface area contributed by atoms with Gasteiger partial charge in [0.05, 0.1) is 6.10 Å². The Balaban J connectivity index is 2.22. The van der Waals surface area contributed by atoms with E-state index in [1.54, 1.807) is 20.8 Å². The van der Waals surface area contributed by atoms with E-state index in [1.807, 2.05) is 13.8 Å². The first-order valence-electron chi connectivity index (χ1n) is 7.38. The molecule has 0 spiro atoms. The van der Waals surface area contributed by atoms with Crippen molar-refractivity contribution >= 4 is 11.9 Å². The van der Waals surface area contributed by atoms with E-state index in [4.69, 9.17) is 10.5 Å². The highest BCUT2D eigenvalue weighted by molar-refractivity contribution is 5.92. The second-order valence-corrected chi connectivity index (χ2v) is 7.89. The number of fused-ring (bicyclic) bond motifs is 1. The van der Waals surface area contributed by atoms with E-state index in [-0.39, 0.29) is 17.9 Å². The average molecular weight is 298 g/mol. The van der Waals surface area contributed by atoms with Crippen LogP contribution in [0.15, 0.2) is 0 Å². The Morgan fingerprint density at radius 1 is 1.38 bits per heavy atom. The number of carbonyl (C=O) groups excluding carboxylic acids is 1. The van der Waals surface area contributed by atoms with E-state index >= 15 is 0 Å². The standard InChI is InChI=1S/C15H26N2O4/c1-13(2,3)9(11(18)19)17-12(20)15(16)8-6-7-21-10(8)14(15,4)5/h8-10H,6-7,16H2,1-5H3,(H,17,20)(H,18,19)/t8?,9-,10?,15?/m0/s1. The summed E-state index contributed by atoms with van der Waals surface area (Å²) in [6.45, 7) is 9.76. The summed E-state index contributed by atoms with van der Waals surface area (Å²) in [6, 6.07) is -0.970. The molecule has 1 aliphatic carbocycles. The van der Waals surface area contributed by atoms with Gasteiger partial charge in [0.1, 0.15) is 11.6 Å². The predicted molar refractivity (Wildman–Crippen MR) is 77.6 cm³/mol. The maximum absolute atomic E-state index is 12.7. The van der Waals surface area contributed by atoms with E-state index < -0.39 is 28.4 Å². The van der Waals surface area contributed by atoms with Gasteiger partial charge in [0.15, 0.2) is 0 Å². The van der Waals surface area contributed by atoms with E-state index in [0.29, 0.717) is 6.61 Å². The third-order valence-corrected chi connectivity index (χ3v) is 5.22. The normalized spacial score (nSPS) is 35.5. The van der Waals surface area contributed by atoms with Gasteiger partial charge in [-0.15, -0.1) is 0 Å². The molecule has 1 amide bonds. The summed E-state index contributed by atoms with van der Waals surface area (Å²) in [6.07, 6.45) is 0.719. The van der Waals surface area contributed by atoms with Gasteiger partial charge < -0.3 is 20.9 Å². The van der Waals surface area contributed by atoms with Crippen molar-refractivity contribution in [1.82, 2.24) is 5.32 Å². The highest BCUT2D eigenvalue weighted by Gasteiger charge is 2.71. The van der Waals surface area contributed by atoms with Crippen molar-refractivity contribution in [3.8, 4) is 0 Å². The summed E-state index contributed by atoms with van der Waals surface area (Å²) in [7, 11) is 0. The van der Waals surface area contributed by atoms with Crippen LogP contribution in [0.25, 0.3) is 0 Å². The lowest BCUT2D eigenvalue weighted by Gasteiger charge is -2.61. The first kappa shape index (κ1) is 16.2. The van der Waals surface area contributed by atoms with Crippen LogP contribution in [-0.2, 0) is 14.3 Å². The van der Waals surface area contributed by atoms with E-state index in [0.717, 1.165) is 6.42 Å². The number of ether oxygens (including phenoxy) is 1. The Bertz CT molecular complexity index is 469. The van der Waals surface area contributed by atoms with Crippen LogP contribution < -0.4 is 11.1 Å². The Morgan fingerprint density at radius 3 is 2.43 bits per heavy atom. The molecule has 0 radical (unpaired) electrons. The molecule has 3 unspecified atom stereocenters. The van der Waals surface area contributed by atoms with E-state index in [1.165, 1.54) is 0 Å². The van der Waals surface area contributed by atoms with Crippen molar-refractivity contribution in [3.05, 3.63) is 0 Å². The van der Waals surface area contributed by atoms with E-state index in [2.05, 4.69) is 5.32 Å². The number of rotatable bonds is 3. The van der Waals surface area contributed by atoms with E-state index in [9.17, 15) is 14.7 Å². The van der Waals surface area contributed by atoms with Crippen LogP contribution in [0.3, 0.4) is 0 Å². The van der Waals surface area contributed by atoms with Crippen LogP contribution in [-0.4, -0.2) is 41.3 Å². The molecule has 4 N–H and O–H groups in total.